The molecule has 0 radical (unpaired) electrons. The molecule has 0 spiro atoms. The predicted molar refractivity (Wildman–Crippen MR) is 324 cm³/mol. The van der Waals surface area contributed by atoms with E-state index in [0.29, 0.717) is 25.9 Å². The van der Waals surface area contributed by atoms with Gasteiger partial charge in [0.15, 0.2) is 0 Å². The van der Waals surface area contributed by atoms with Gasteiger partial charge in [0.1, 0.15) is 0 Å². The van der Waals surface area contributed by atoms with Crippen molar-refractivity contribution in [2.45, 2.75) is 386 Å². The Morgan fingerprint density at radius 1 is 0.365 bits per heavy atom. The molecule has 0 heterocycles. The molecule has 0 aliphatic rings. The highest BCUT2D eigenvalue weighted by molar-refractivity contribution is 5.76. The van der Waals surface area contributed by atoms with Gasteiger partial charge >= 0.3 is 5.97 Å². The van der Waals surface area contributed by atoms with E-state index in [4.69, 9.17) is 4.74 Å². The number of amides is 1. The maximum atomic E-state index is 12.5. The highest BCUT2D eigenvalue weighted by atomic mass is 16.5. The molecule has 3 N–H and O–H groups in total. The zero-order chi connectivity index (χ0) is 53.6. The summed E-state index contributed by atoms with van der Waals surface area (Å²) < 4.78 is 5.48. The number of carbonyl (C=O) groups is 2. The number of aliphatic hydroxyl groups is 2. The van der Waals surface area contributed by atoms with Gasteiger partial charge in [0.2, 0.25) is 5.91 Å². The first-order valence-electron chi connectivity index (χ1n) is 33.6. The number of aliphatic hydroxyl groups excluding tert-OH is 2. The van der Waals surface area contributed by atoms with Gasteiger partial charge in [0.05, 0.1) is 25.4 Å². The number of hydrogen-bond acceptors (Lipinski definition) is 5. The fourth-order valence-corrected chi connectivity index (χ4v) is 10.6. The predicted octanol–water partition coefficient (Wildman–Crippen LogP) is 21.4. The van der Waals surface area contributed by atoms with Crippen LogP contribution in [0, 0.1) is 0 Å². The Labute approximate surface area is 462 Å². The number of nitrogens with one attached hydrogen (secondary N) is 1. The van der Waals surface area contributed by atoms with Crippen molar-refractivity contribution < 1.29 is 24.5 Å². The molecule has 0 aromatic carbocycles. The molecule has 2 atom stereocenters. The Morgan fingerprint density at radius 2 is 0.635 bits per heavy atom. The van der Waals surface area contributed by atoms with Crippen molar-refractivity contribution in [3.63, 3.8) is 0 Å². The first-order valence-corrected chi connectivity index (χ1v) is 33.6. The van der Waals surface area contributed by atoms with E-state index < -0.39 is 12.1 Å². The third-order valence-corrected chi connectivity index (χ3v) is 15.7. The van der Waals surface area contributed by atoms with Crippen LogP contribution >= 0.6 is 0 Å². The molecule has 6 nitrogen and oxygen atoms in total. The van der Waals surface area contributed by atoms with Crippen molar-refractivity contribution in [1.82, 2.24) is 5.32 Å². The van der Waals surface area contributed by atoms with Crippen molar-refractivity contribution in [2.24, 2.45) is 0 Å². The number of esters is 1. The largest absolute Gasteiger partial charge is 0.466 e. The van der Waals surface area contributed by atoms with Crippen molar-refractivity contribution in [1.29, 1.82) is 0 Å². The Morgan fingerprint density at radius 3 is 0.959 bits per heavy atom. The Hall–Kier alpha value is -1.66. The molecule has 6 heteroatoms. The van der Waals surface area contributed by atoms with E-state index >= 15 is 0 Å². The molecule has 0 rings (SSSR count). The standard InChI is InChI=1S/C68H131NO5/c1-3-5-7-9-11-13-15-17-19-20-26-29-33-36-40-44-48-52-56-60-66(71)65(64-70)69-67(72)61-57-53-49-45-41-37-34-30-27-24-22-21-23-25-28-31-35-39-43-47-51-55-59-63-74-68(73)62-58-54-50-46-42-38-32-18-16-14-12-10-8-6-4-2/h18,24,27,32,65-66,70-71H,3-17,19-23,25-26,28-31,33-64H2,1-2H3,(H,69,72)/b27-24-,32-18-. The number of rotatable bonds is 63. The van der Waals surface area contributed by atoms with Crippen molar-refractivity contribution >= 4 is 11.9 Å². The second-order valence-corrected chi connectivity index (χ2v) is 23.1. The molecule has 1 amide bonds. The van der Waals surface area contributed by atoms with Crippen LogP contribution in [0.5, 0.6) is 0 Å². The SMILES string of the molecule is CCCCCCCC/C=C\CCCCCCCC(=O)OCCCCCCCCCCCCCC/C=C\CCCCCCCCCC(=O)NC(CO)C(O)CCCCCCCCCCCCCCCCCCCCC. The van der Waals surface area contributed by atoms with Gasteiger partial charge in [-0.15, -0.1) is 0 Å². The second-order valence-electron chi connectivity index (χ2n) is 23.1. The van der Waals surface area contributed by atoms with E-state index in [-0.39, 0.29) is 18.5 Å². The van der Waals surface area contributed by atoms with Crippen LogP contribution in [0.15, 0.2) is 24.3 Å². The summed E-state index contributed by atoms with van der Waals surface area (Å²) in [6.45, 7) is 4.97. The van der Waals surface area contributed by atoms with Crippen LogP contribution in [0.1, 0.15) is 373 Å². The highest BCUT2D eigenvalue weighted by Crippen LogP contribution is 2.18. The van der Waals surface area contributed by atoms with E-state index in [0.717, 1.165) is 44.9 Å². The molecule has 0 aromatic heterocycles. The van der Waals surface area contributed by atoms with E-state index in [2.05, 4.69) is 43.5 Å². The molecule has 0 aliphatic heterocycles. The Balaban J connectivity index is 3.41. The topological polar surface area (TPSA) is 95.9 Å². The number of unbranched alkanes of at least 4 members (excludes halogenated alkanes) is 48. The third kappa shape index (κ3) is 59.6. The first kappa shape index (κ1) is 72.3. The average molecular weight is 1040 g/mol. The minimum absolute atomic E-state index is 0.00428. The van der Waals surface area contributed by atoms with Crippen LogP contribution in [0.2, 0.25) is 0 Å². The fraction of sp³-hybridized carbons (Fsp3) is 0.912. The lowest BCUT2D eigenvalue weighted by Crippen LogP contribution is -2.45. The molecule has 0 saturated heterocycles. The summed E-state index contributed by atoms with van der Waals surface area (Å²) >= 11 is 0. The zero-order valence-corrected chi connectivity index (χ0v) is 50.1. The number of hydrogen-bond donors (Lipinski definition) is 3. The number of ether oxygens (including phenoxy) is 1. The van der Waals surface area contributed by atoms with Gasteiger partial charge in [-0.3, -0.25) is 9.59 Å². The summed E-state index contributed by atoms with van der Waals surface area (Å²) in [6.07, 6.45) is 79.2. The van der Waals surface area contributed by atoms with Crippen LogP contribution in [0.3, 0.4) is 0 Å². The maximum absolute atomic E-state index is 12.5. The molecule has 74 heavy (non-hydrogen) atoms. The Bertz CT molecular complexity index is 1150. The second kappa shape index (κ2) is 63.9. The molecule has 0 fully saturated rings. The average Bonchev–Trinajstić information content (AvgIpc) is 3.40. The van der Waals surface area contributed by atoms with Gasteiger partial charge in [-0.05, 0) is 77.0 Å². The van der Waals surface area contributed by atoms with Gasteiger partial charge in [-0.25, -0.2) is 0 Å². The first-order chi connectivity index (χ1) is 36.5. The molecule has 2 unspecified atom stereocenters. The summed E-state index contributed by atoms with van der Waals surface area (Å²) in [4.78, 5) is 24.6. The Kier molecular flexibility index (Phi) is 62.4. The van der Waals surface area contributed by atoms with Crippen LogP contribution in [-0.4, -0.2) is 47.4 Å². The lowest BCUT2D eigenvalue weighted by atomic mass is 10.0. The van der Waals surface area contributed by atoms with E-state index in [1.165, 1.54) is 295 Å². The number of allylic oxidation sites excluding steroid dienone is 4. The summed E-state index contributed by atoms with van der Waals surface area (Å²) in [6, 6.07) is -0.547. The summed E-state index contributed by atoms with van der Waals surface area (Å²) in [5.41, 5.74) is 0. The summed E-state index contributed by atoms with van der Waals surface area (Å²) in [7, 11) is 0. The molecule has 0 aromatic rings. The summed E-state index contributed by atoms with van der Waals surface area (Å²) in [5, 5.41) is 23.4. The minimum atomic E-state index is -0.669. The molecule has 0 saturated carbocycles. The minimum Gasteiger partial charge on any atom is -0.466 e. The molecule has 0 bridgehead atoms. The fourth-order valence-electron chi connectivity index (χ4n) is 10.6. The van der Waals surface area contributed by atoms with Crippen molar-refractivity contribution in [2.75, 3.05) is 13.2 Å². The van der Waals surface area contributed by atoms with Crippen molar-refractivity contribution in [3.05, 3.63) is 24.3 Å². The molecular formula is C68H131NO5. The molecular weight excluding hydrogens is 911 g/mol. The van der Waals surface area contributed by atoms with Crippen LogP contribution in [0.25, 0.3) is 0 Å². The van der Waals surface area contributed by atoms with E-state index in [9.17, 15) is 19.8 Å². The van der Waals surface area contributed by atoms with Crippen molar-refractivity contribution in [3.8, 4) is 0 Å². The van der Waals surface area contributed by atoms with Gasteiger partial charge in [0.25, 0.3) is 0 Å². The molecule has 0 aliphatic carbocycles. The zero-order valence-electron chi connectivity index (χ0n) is 50.1. The summed E-state index contributed by atoms with van der Waals surface area (Å²) in [5.74, 6) is -0.0336. The van der Waals surface area contributed by atoms with E-state index in [1.54, 1.807) is 0 Å². The van der Waals surface area contributed by atoms with Crippen LogP contribution in [-0.2, 0) is 14.3 Å². The normalized spacial score (nSPS) is 12.6. The van der Waals surface area contributed by atoms with Gasteiger partial charge in [0, 0.05) is 12.8 Å². The van der Waals surface area contributed by atoms with Crippen LogP contribution in [0.4, 0.5) is 0 Å². The molecule has 438 valence electrons. The highest BCUT2D eigenvalue weighted by Gasteiger charge is 2.20. The van der Waals surface area contributed by atoms with Gasteiger partial charge in [-0.2, -0.15) is 0 Å². The number of carbonyl (C=O) groups excluding carboxylic acids is 2. The van der Waals surface area contributed by atoms with Crippen LogP contribution < -0.4 is 5.32 Å². The quantitative estimate of drug-likeness (QED) is 0.0320. The lowest BCUT2D eigenvalue weighted by Gasteiger charge is -2.22. The third-order valence-electron chi connectivity index (χ3n) is 15.7. The van der Waals surface area contributed by atoms with Gasteiger partial charge in [-0.1, -0.05) is 308 Å². The van der Waals surface area contributed by atoms with E-state index in [1.807, 2.05) is 0 Å². The maximum Gasteiger partial charge on any atom is 0.305 e. The lowest BCUT2D eigenvalue weighted by molar-refractivity contribution is -0.143. The smallest absolute Gasteiger partial charge is 0.305 e. The monoisotopic (exact) mass is 1040 g/mol. The van der Waals surface area contributed by atoms with Gasteiger partial charge < -0.3 is 20.3 Å².